The molecule has 1 rings (SSSR count). The maximum atomic E-state index is 11.7. The van der Waals surface area contributed by atoms with E-state index in [0.717, 1.165) is 12.0 Å². The van der Waals surface area contributed by atoms with Crippen LogP contribution in [0.3, 0.4) is 0 Å². The summed E-state index contributed by atoms with van der Waals surface area (Å²) in [5.41, 5.74) is 6.80. The molecule has 1 aromatic carbocycles. The predicted molar refractivity (Wildman–Crippen MR) is 79.8 cm³/mol. The first-order valence-corrected chi connectivity index (χ1v) is 8.44. The second kappa shape index (κ2) is 6.72. The minimum Gasteiger partial charge on any atom is -0.475 e. The third-order valence-corrected chi connectivity index (χ3v) is 5.21. The molecule has 0 heterocycles. The van der Waals surface area contributed by atoms with Crippen molar-refractivity contribution in [1.29, 1.82) is 0 Å². The van der Waals surface area contributed by atoms with Crippen molar-refractivity contribution in [2.45, 2.75) is 51.4 Å². The summed E-state index contributed by atoms with van der Waals surface area (Å²) < 4.78 is 17.3. The van der Waals surface area contributed by atoms with Crippen molar-refractivity contribution in [2.75, 3.05) is 0 Å². The Morgan fingerprint density at radius 1 is 1.25 bits per heavy atom. The Morgan fingerprint density at radius 2 is 1.75 bits per heavy atom. The van der Waals surface area contributed by atoms with Gasteiger partial charge in [-0.1, -0.05) is 26.0 Å². The van der Waals surface area contributed by atoms with Gasteiger partial charge in [-0.3, -0.25) is 4.57 Å². The molecule has 1 atom stereocenters. The maximum Gasteiger partial charge on any atom is 0.368 e. The van der Waals surface area contributed by atoms with Gasteiger partial charge in [0.2, 0.25) is 5.34 Å². The Morgan fingerprint density at radius 3 is 2.10 bits per heavy atom. The Labute approximate surface area is 120 Å². The minimum atomic E-state index is -4.35. The lowest BCUT2D eigenvalue weighted by atomic mass is 10.1. The SMILES string of the molecule is CCC(CC)(Oc1ccc(C[C@@H](C)N)cc1)P(=O)(O)O. The van der Waals surface area contributed by atoms with Gasteiger partial charge in [0.15, 0.2) is 0 Å². The van der Waals surface area contributed by atoms with Gasteiger partial charge in [0, 0.05) is 6.04 Å². The van der Waals surface area contributed by atoms with Crippen molar-refractivity contribution in [3.8, 4) is 5.75 Å². The molecule has 0 saturated heterocycles. The zero-order valence-corrected chi connectivity index (χ0v) is 13.1. The lowest BCUT2D eigenvalue weighted by Gasteiger charge is -2.33. The molecule has 0 aliphatic carbocycles. The maximum absolute atomic E-state index is 11.7. The van der Waals surface area contributed by atoms with Gasteiger partial charge in [-0.05, 0) is 43.9 Å². The fraction of sp³-hybridized carbons (Fsp3) is 0.571. The molecule has 0 amide bonds. The molecular formula is C14H24NO4P. The lowest BCUT2D eigenvalue weighted by molar-refractivity contribution is 0.108. The highest BCUT2D eigenvalue weighted by Crippen LogP contribution is 2.55. The molecule has 4 N–H and O–H groups in total. The van der Waals surface area contributed by atoms with Crippen LogP contribution in [0.15, 0.2) is 24.3 Å². The van der Waals surface area contributed by atoms with Crippen molar-refractivity contribution in [2.24, 2.45) is 5.73 Å². The van der Waals surface area contributed by atoms with Crippen molar-refractivity contribution in [1.82, 2.24) is 0 Å². The molecule has 0 saturated carbocycles. The number of hydrogen-bond acceptors (Lipinski definition) is 3. The highest BCUT2D eigenvalue weighted by molar-refractivity contribution is 7.53. The van der Waals surface area contributed by atoms with E-state index < -0.39 is 12.9 Å². The minimum absolute atomic E-state index is 0.0715. The summed E-state index contributed by atoms with van der Waals surface area (Å²) in [6.45, 7) is 5.36. The monoisotopic (exact) mass is 301 g/mol. The van der Waals surface area contributed by atoms with Crippen molar-refractivity contribution in [3.63, 3.8) is 0 Å². The van der Waals surface area contributed by atoms with Crippen molar-refractivity contribution in [3.05, 3.63) is 29.8 Å². The molecule has 0 unspecified atom stereocenters. The van der Waals surface area contributed by atoms with Crippen LogP contribution in [0.25, 0.3) is 0 Å². The number of nitrogens with two attached hydrogens (primary N) is 1. The second-order valence-electron chi connectivity index (χ2n) is 5.12. The van der Waals surface area contributed by atoms with Gasteiger partial charge in [-0.25, -0.2) is 0 Å². The summed E-state index contributed by atoms with van der Waals surface area (Å²) in [6.07, 6.45) is 1.25. The van der Waals surface area contributed by atoms with Crippen LogP contribution in [0.2, 0.25) is 0 Å². The summed E-state index contributed by atoms with van der Waals surface area (Å²) >= 11 is 0. The molecule has 0 aromatic heterocycles. The van der Waals surface area contributed by atoms with Gasteiger partial charge < -0.3 is 20.3 Å². The number of rotatable bonds is 7. The van der Waals surface area contributed by atoms with Crippen LogP contribution < -0.4 is 10.5 Å². The van der Waals surface area contributed by atoms with E-state index in [1.165, 1.54) is 0 Å². The first-order chi connectivity index (χ1) is 9.24. The summed E-state index contributed by atoms with van der Waals surface area (Å²) in [7, 11) is -4.35. The van der Waals surface area contributed by atoms with E-state index in [4.69, 9.17) is 10.5 Å². The summed E-state index contributed by atoms with van der Waals surface area (Å²) in [5, 5.41) is -1.45. The third kappa shape index (κ3) is 4.06. The predicted octanol–water partition coefficient (Wildman–Crippen LogP) is 2.65. The van der Waals surface area contributed by atoms with E-state index in [1.54, 1.807) is 26.0 Å². The summed E-state index contributed by atoms with van der Waals surface area (Å²) in [6, 6.07) is 7.27. The van der Waals surface area contributed by atoms with Gasteiger partial charge in [0.05, 0.1) is 0 Å². The van der Waals surface area contributed by atoms with Crippen LogP contribution in [0.1, 0.15) is 39.2 Å². The molecular weight excluding hydrogens is 277 g/mol. The molecule has 0 aliphatic heterocycles. The molecule has 0 fully saturated rings. The molecule has 114 valence electrons. The van der Waals surface area contributed by atoms with Gasteiger partial charge in [-0.15, -0.1) is 0 Å². The first-order valence-electron chi connectivity index (χ1n) is 6.83. The van der Waals surface area contributed by atoms with Crippen LogP contribution in [0, 0.1) is 0 Å². The fourth-order valence-corrected chi connectivity index (χ4v) is 3.20. The average Bonchev–Trinajstić information content (AvgIpc) is 2.36. The number of ether oxygens (including phenoxy) is 1. The van der Waals surface area contributed by atoms with Gasteiger partial charge >= 0.3 is 7.60 Å². The van der Waals surface area contributed by atoms with Gasteiger partial charge in [0.1, 0.15) is 5.75 Å². The van der Waals surface area contributed by atoms with E-state index in [0.29, 0.717) is 5.75 Å². The van der Waals surface area contributed by atoms with E-state index >= 15 is 0 Å². The highest BCUT2D eigenvalue weighted by atomic mass is 31.2. The zero-order valence-electron chi connectivity index (χ0n) is 12.2. The second-order valence-corrected chi connectivity index (χ2v) is 7.03. The molecule has 5 nitrogen and oxygen atoms in total. The number of benzene rings is 1. The topological polar surface area (TPSA) is 92.8 Å². The molecule has 20 heavy (non-hydrogen) atoms. The Kier molecular flexibility index (Phi) is 5.78. The Bertz CT molecular complexity index is 463. The van der Waals surface area contributed by atoms with Gasteiger partial charge in [-0.2, -0.15) is 0 Å². The Hall–Kier alpha value is -0.870. The van der Waals surface area contributed by atoms with Crippen molar-refractivity contribution < 1.29 is 19.1 Å². The van der Waals surface area contributed by atoms with E-state index in [-0.39, 0.29) is 18.9 Å². The molecule has 0 spiro atoms. The van der Waals surface area contributed by atoms with E-state index in [9.17, 15) is 14.4 Å². The number of hydrogen-bond donors (Lipinski definition) is 3. The van der Waals surface area contributed by atoms with Crippen LogP contribution in [0.4, 0.5) is 0 Å². The zero-order chi connectivity index (χ0) is 15.4. The summed E-state index contributed by atoms with van der Waals surface area (Å²) in [4.78, 5) is 19.1. The Balaban J connectivity index is 2.93. The standard InChI is InChI=1S/C14H24NO4P/c1-4-14(5-2,20(16,17)18)19-13-8-6-12(7-9-13)10-11(3)15/h6-9,11H,4-5,10,15H2,1-3H3,(H2,16,17,18)/t11-/m1/s1. The first kappa shape index (κ1) is 17.2. The average molecular weight is 301 g/mol. The molecule has 0 radical (unpaired) electrons. The summed E-state index contributed by atoms with van der Waals surface area (Å²) in [5.74, 6) is 0.463. The molecule has 6 heteroatoms. The van der Waals surface area contributed by atoms with Crippen LogP contribution in [-0.4, -0.2) is 21.2 Å². The van der Waals surface area contributed by atoms with Crippen LogP contribution in [-0.2, 0) is 11.0 Å². The van der Waals surface area contributed by atoms with Crippen molar-refractivity contribution >= 4 is 7.60 Å². The molecule has 0 aliphatic rings. The smallest absolute Gasteiger partial charge is 0.368 e. The van der Waals surface area contributed by atoms with Crippen LogP contribution in [0.5, 0.6) is 5.75 Å². The largest absolute Gasteiger partial charge is 0.475 e. The van der Waals surface area contributed by atoms with Gasteiger partial charge in [0.25, 0.3) is 0 Å². The lowest BCUT2D eigenvalue weighted by Crippen LogP contribution is -2.34. The highest BCUT2D eigenvalue weighted by Gasteiger charge is 2.46. The van der Waals surface area contributed by atoms with E-state index in [2.05, 4.69) is 0 Å². The van der Waals surface area contributed by atoms with E-state index in [1.807, 2.05) is 19.1 Å². The normalized spacial score (nSPS) is 14.1. The molecule has 1 aromatic rings. The quantitative estimate of drug-likeness (QED) is 0.673. The molecule has 0 bridgehead atoms. The fourth-order valence-electron chi connectivity index (χ4n) is 2.15. The third-order valence-electron chi connectivity index (χ3n) is 3.42. The van der Waals surface area contributed by atoms with Crippen LogP contribution >= 0.6 is 7.60 Å².